The SMILES string of the molecule is O=C(C=C[C@H]1[C@H](CCc2ccc(C(=O)O)cc2)[C@H]2CC[C@@H]1O2)Cc1ccsc1. The van der Waals surface area contributed by atoms with Gasteiger partial charge in [-0.1, -0.05) is 18.2 Å². The third kappa shape index (κ3) is 4.26. The van der Waals surface area contributed by atoms with Gasteiger partial charge in [0, 0.05) is 12.3 Å². The van der Waals surface area contributed by atoms with Gasteiger partial charge in [0.25, 0.3) is 0 Å². The van der Waals surface area contributed by atoms with Crippen LogP contribution >= 0.6 is 11.3 Å². The van der Waals surface area contributed by atoms with E-state index in [-0.39, 0.29) is 18.0 Å². The van der Waals surface area contributed by atoms with Crippen molar-refractivity contribution in [1.82, 2.24) is 0 Å². The van der Waals surface area contributed by atoms with Crippen molar-refractivity contribution >= 4 is 23.1 Å². The molecule has 4 nitrogen and oxygen atoms in total. The number of carbonyl (C=O) groups excluding carboxylic acids is 1. The zero-order valence-corrected chi connectivity index (χ0v) is 16.4. The molecule has 0 spiro atoms. The maximum Gasteiger partial charge on any atom is 0.335 e. The molecule has 1 aromatic heterocycles. The standard InChI is InChI=1S/C23H24O4S/c24-18(13-16-11-12-28-14-16)6-8-20-19(21-9-10-22(20)27-21)7-3-15-1-4-17(5-2-15)23(25)26/h1-2,4-6,8,11-12,14,19-22H,3,7,9-10,13H2,(H,25,26)/t19-,20-,21+,22-/m0/s1. The third-order valence-corrected chi connectivity index (χ3v) is 6.65. The number of carbonyl (C=O) groups is 2. The van der Waals surface area contributed by atoms with Gasteiger partial charge in [-0.2, -0.15) is 11.3 Å². The van der Waals surface area contributed by atoms with Gasteiger partial charge in [0.15, 0.2) is 5.78 Å². The molecule has 146 valence electrons. The molecule has 2 aliphatic heterocycles. The van der Waals surface area contributed by atoms with Gasteiger partial charge in [-0.25, -0.2) is 4.79 Å². The Morgan fingerprint density at radius 3 is 2.61 bits per heavy atom. The number of aromatic carboxylic acids is 1. The normalized spacial score (nSPS) is 26.1. The number of ether oxygens (including phenoxy) is 1. The second-order valence-corrected chi connectivity index (χ2v) is 8.49. The largest absolute Gasteiger partial charge is 0.478 e. The second-order valence-electron chi connectivity index (χ2n) is 7.71. The van der Waals surface area contributed by atoms with Crippen LogP contribution in [0.4, 0.5) is 0 Å². The summed E-state index contributed by atoms with van der Waals surface area (Å²) in [5.41, 5.74) is 2.53. The lowest BCUT2D eigenvalue weighted by Crippen LogP contribution is -2.26. The molecule has 2 fully saturated rings. The topological polar surface area (TPSA) is 63.6 Å². The number of carboxylic acid groups (broad SMARTS) is 1. The van der Waals surface area contributed by atoms with E-state index in [9.17, 15) is 9.59 Å². The van der Waals surface area contributed by atoms with Gasteiger partial charge in [0.05, 0.1) is 17.8 Å². The third-order valence-electron chi connectivity index (χ3n) is 5.92. The first-order valence-electron chi connectivity index (χ1n) is 9.80. The molecule has 0 radical (unpaired) electrons. The van der Waals surface area contributed by atoms with Crippen molar-refractivity contribution < 1.29 is 19.4 Å². The molecule has 0 unspecified atom stereocenters. The molecule has 0 amide bonds. The molecule has 2 bridgehead atoms. The quantitative estimate of drug-likeness (QED) is 0.666. The zero-order valence-electron chi connectivity index (χ0n) is 15.6. The molecule has 3 heterocycles. The first-order valence-corrected chi connectivity index (χ1v) is 10.7. The van der Waals surface area contributed by atoms with Crippen LogP contribution in [0.25, 0.3) is 0 Å². The summed E-state index contributed by atoms with van der Waals surface area (Å²) < 4.78 is 6.14. The highest BCUT2D eigenvalue weighted by Crippen LogP contribution is 2.46. The van der Waals surface area contributed by atoms with Crippen LogP contribution in [0.3, 0.4) is 0 Å². The average Bonchev–Trinajstić information content (AvgIpc) is 3.43. The van der Waals surface area contributed by atoms with Crippen molar-refractivity contribution in [3.8, 4) is 0 Å². The highest BCUT2D eigenvalue weighted by atomic mass is 32.1. The molecular formula is C23H24O4S. The molecule has 0 aliphatic carbocycles. The smallest absolute Gasteiger partial charge is 0.335 e. The Bertz CT molecular complexity index is 853. The number of allylic oxidation sites excluding steroid dienone is 1. The van der Waals surface area contributed by atoms with E-state index >= 15 is 0 Å². The molecular weight excluding hydrogens is 372 g/mol. The average molecular weight is 397 g/mol. The molecule has 1 aromatic carbocycles. The van der Waals surface area contributed by atoms with Crippen LogP contribution in [0.15, 0.2) is 53.2 Å². The van der Waals surface area contributed by atoms with E-state index in [2.05, 4.69) is 6.08 Å². The first-order chi connectivity index (χ1) is 13.6. The molecule has 2 aliphatic rings. The summed E-state index contributed by atoms with van der Waals surface area (Å²) in [6.07, 6.45) is 8.86. The fourth-order valence-electron chi connectivity index (χ4n) is 4.47. The van der Waals surface area contributed by atoms with Crippen molar-refractivity contribution in [2.45, 2.75) is 44.3 Å². The summed E-state index contributed by atoms with van der Waals surface area (Å²) in [4.78, 5) is 23.3. The number of aryl methyl sites for hydroxylation is 1. The Labute approximate surface area is 168 Å². The van der Waals surface area contributed by atoms with E-state index in [0.717, 1.165) is 36.8 Å². The molecule has 5 heteroatoms. The minimum absolute atomic E-state index is 0.143. The molecule has 0 saturated carbocycles. The number of fused-ring (bicyclic) bond motifs is 2. The van der Waals surface area contributed by atoms with Crippen LogP contribution < -0.4 is 0 Å². The summed E-state index contributed by atoms with van der Waals surface area (Å²) in [6.45, 7) is 0. The van der Waals surface area contributed by atoms with Crippen LogP contribution in [0.1, 0.15) is 40.7 Å². The highest BCUT2D eigenvalue weighted by molar-refractivity contribution is 7.08. The van der Waals surface area contributed by atoms with Crippen LogP contribution in [-0.4, -0.2) is 29.1 Å². The van der Waals surface area contributed by atoms with Crippen LogP contribution in [-0.2, 0) is 22.4 Å². The maximum absolute atomic E-state index is 12.3. The lowest BCUT2D eigenvalue weighted by atomic mass is 9.76. The van der Waals surface area contributed by atoms with Crippen molar-refractivity contribution in [1.29, 1.82) is 0 Å². The van der Waals surface area contributed by atoms with Gasteiger partial charge in [-0.05, 0) is 77.8 Å². The number of ketones is 1. The molecule has 1 N–H and O–H groups in total. The van der Waals surface area contributed by atoms with E-state index in [1.54, 1.807) is 29.5 Å². The van der Waals surface area contributed by atoms with Crippen LogP contribution in [0.5, 0.6) is 0 Å². The molecule has 4 rings (SSSR count). The molecule has 2 aromatic rings. The Kier molecular flexibility index (Phi) is 5.74. The van der Waals surface area contributed by atoms with E-state index in [4.69, 9.17) is 9.84 Å². The van der Waals surface area contributed by atoms with Crippen molar-refractivity contribution in [2.24, 2.45) is 11.8 Å². The van der Waals surface area contributed by atoms with Crippen molar-refractivity contribution in [3.05, 3.63) is 69.9 Å². The maximum atomic E-state index is 12.3. The minimum atomic E-state index is -0.898. The monoisotopic (exact) mass is 396 g/mol. The van der Waals surface area contributed by atoms with Crippen molar-refractivity contribution in [3.63, 3.8) is 0 Å². The Balaban J connectivity index is 1.37. The Morgan fingerprint density at radius 2 is 1.89 bits per heavy atom. The van der Waals surface area contributed by atoms with Gasteiger partial charge in [-0.3, -0.25) is 4.79 Å². The summed E-state index contributed by atoms with van der Waals surface area (Å²) >= 11 is 1.61. The molecule has 4 atom stereocenters. The summed E-state index contributed by atoms with van der Waals surface area (Å²) in [5.74, 6) is -0.0406. The number of hydrogen-bond donors (Lipinski definition) is 1. The molecule has 28 heavy (non-hydrogen) atoms. The van der Waals surface area contributed by atoms with Gasteiger partial charge < -0.3 is 9.84 Å². The fraction of sp³-hybridized carbons (Fsp3) is 0.391. The van der Waals surface area contributed by atoms with Crippen LogP contribution in [0.2, 0.25) is 0 Å². The fourth-order valence-corrected chi connectivity index (χ4v) is 5.14. The summed E-state index contributed by atoms with van der Waals surface area (Å²) in [6, 6.07) is 9.11. The minimum Gasteiger partial charge on any atom is -0.478 e. The van der Waals surface area contributed by atoms with E-state index < -0.39 is 5.97 Å². The zero-order chi connectivity index (χ0) is 19.5. The van der Waals surface area contributed by atoms with Crippen molar-refractivity contribution in [2.75, 3.05) is 0 Å². The first kappa shape index (κ1) is 19.1. The lowest BCUT2D eigenvalue weighted by Gasteiger charge is -2.25. The Hall–Kier alpha value is -2.24. The van der Waals surface area contributed by atoms with Gasteiger partial charge in [0.1, 0.15) is 0 Å². The van der Waals surface area contributed by atoms with Gasteiger partial charge in [-0.15, -0.1) is 0 Å². The number of rotatable bonds is 8. The second kappa shape index (κ2) is 8.41. The summed E-state index contributed by atoms with van der Waals surface area (Å²) in [7, 11) is 0. The predicted octanol–water partition coefficient (Wildman–Crippen LogP) is 4.54. The van der Waals surface area contributed by atoms with Gasteiger partial charge >= 0.3 is 5.97 Å². The van der Waals surface area contributed by atoms with E-state index in [0.29, 0.717) is 23.8 Å². The molecule has 2 saturated heterocycles. The lowest BCUT2D eigenvalue weighted by molar-refractivity contribution is -0.114. The highest BCUT2D eigenvalue weighted by Gasteiger charge is 2.47. The predicted molar refractivity (Wildman–Crippen MR) is 109 cm³/mol. The number of hydrogen-bond acceptors (Lipinski definition) is 4. The number of thiophene rings is 1. The number of carboxylic acids is 1. The summed E-state index contributed by atoms with van der Waals surface area (Å²) in [5, 5.41) is 13.0. The Morgan fingerprint density at radius 1 is 1.11 bits per heavy atom. The van der Waals surface area contributed by atoms with Gasteiger partial charge in [0.2, 0.25) is 0 Å². The van der Waals surface area contributed by atoms with E-state index in [1.165, 1.54) is 0 Å². The number of benzene rings is 1. The van der Waals surface area contributed by atoms with Crippen LogP contribution in [0, 0.1) is 11.8 Å². The van der Waals surface area contributed by atoms with E-state index in [1.807, 2.05) is 29.0 Å².